The fourth-order valence-corrected chi connectivity index (χ4v) is 2.94. The van der Waals surface area contributed by atoms with Gasteiger partial charge in [-0.2, -0.15) is 4.98 Å². The highest BCUT2D eigenvalue weighted by Crippen LogP contribution is 2.17. The quantitative estimate of drug-likeness (QED) is 0.755. The van der Waals surface area contributed by atoms with Crippen LogP contribution in [0.25, 0.3) is 0 Å². The molecule has 1 atom stereocenters. The van der Waals surface area contributed by atoms with E-state index in [9.17, 15) is 9.59 Å². The van der Waals surface area contributed by atoms with E-state index in [0.717, 1.165) is 30.6 Å². The number of urea groups is 1. The van der Waals surface area contributed by atoms with Crippen molar-refractivity contribution in [2.45, 2.75) is 39.0 Å². The summed E-state index contributed by atoms with van der Waals surface area (Å²) in [5.41, 5.74) is 7.27. The van der Waals surface area contributed by atoms with Gasteiger partial charge in [0.15, 0.2) is 5.82 Å². The van der Waals surface area contributed by atoms with Crippen molar-refractivity contribution in [3.05, 3.63) is 47.1 Å². The molecule has 1 fully saturated rings. The second-order valence-corrected chi connectivity index (χ2v) is 6.48. The second-order valence-electron chi connectivity index (χ2n) is 6.48. The predicted molar refractivity (Wildman–Crippen MR) is 95.6 cm³/mol. The molecule has 0 saturated carbocycles. The van der Waals surface area contributed by atoms with E-state index < -0.39 is 5.91 Å². The number of hydrogen-bond donors (Lipinski definition) is 2. The topological polar surface area (TPSA) is 124 Å². The third-order valence-corrected chi connectivity index (χ3v) is 4.43. The third kappa shape index (κ3) is 5.04. The Bertz CT molecular complexity index is 801. The summed E-state index contributed by atoms with van der Waals surface area (Å²) in [6, 6.07) is 7.68. The van der Waals surface area contributed by atoms with E-state index in [2.05, 4.69) is 15.5 Å². The van der Waals surface area contributed by atoms with Crippen LogP contribution in [0.5, 0.6) is 0 Å². The van der Waals surface area contributed by atoms with E-state index in [-0.39, 0.29) is 30.4 Å². The SMILES string of the molecule is Cc1ccccc1CN(C[C@H]1CCCO1)C(=O)NCc1noc(C(N)=O)n1. The molecule has 3 rings (SSSR count). The Kier molecular flexibility index (Phi) is 6.02. The van der Waals surface area contributed by atoms with Crippen molar-refractivity contribution >= 4 is 11.9 Å². The maximum Gasteiger partial charge on any atom is 0.318 e. The Morgan fingerprint density at radius 1 is 1.37 bits per heavy atom. The van der Waals surface area contributed by atoms with Gasteiger partial charge in [0.1, 0.15) is 0 Å². The summed E-state index contributed by atoms with van der Waals surface area (Å²) in [6.45, 7) is 3.74. The van der Waals surface area contributed by atoms with Crippen LogP contribution in [0.3, 0.4) is 0 Å². The Balaban J connectivity index is 1.65. The van der Waals surface area contributed by atoms with Crippen LogP contribution in [-0.2, 0) is 17.8 Å². The molecule has 2 aromatic rings. The molecule has 9 heteroatoms. The largest absolute Gasteiger partial charge is 0.376 e. The average Bonchev–Trinajstić information content (AvgIpc) is 3.32. The molecule has 1 aliphatic heterocycles. The molecule has 0 spiro atoms. The summed E-state index contributed by atoms with van der Waals surface area (Å²) in [7, 11) is 0. The minimum atomic E-state index is -0.806. The maximum atomic E-state index is 12.7. The van der Waals surface area contributed by atoms with E-state index in [4.69, 9.17) is 15.0 Å². The molecule has 144 valence electrons. The summed E-state index contributed by atoms with van der Waals surface area (Å²) >= 11 is 0. The van der Waals surface area contributed by atoms with Crippen molar-refractivity contribution in [2.24, 2.45) is 5.73 Å². The highest BCUT2D eigenvalue weighted by molar-refractivity contribution is 5.87. The van der Waals surface area contributed by atoms with Crippen molar-refractivity contribution < 1.29 is 18.8 Å². The van der Waals surface area contributed by atoms with Gasteiger partial charge >= 0.3 is 17.8 Å². The minimum Gasteiger partial charge on any atom is -0.376 e. The van der Waals surface area contributed by atoms with Gasteiger partial charge in [-0.25, -0.2) is 4.79 Å². The van der Waals surface area contributed by atoms with Gasteiger partial charge in [-0.1, -0.05) is 29.4 Å². The van der Waals surface area contributed by atoms with Crippen molar-refractivity contribution in [3.63, 3.8) is 0 Å². The summed E-state index contributed by atoms with van der Waals surface area (Å²) in [5.74, 6) is -0.903. The predicted octanol–water partition coefficient (Wildman–Crippen LogP) is 1.37. The molecule has 0 aliphatic carbocycles. The summed E-state index contributed by atoms with van der Waals surface area (Å²) in [5, 5.41) is 6.38. The zero-order chi connectivity index (χ0) is 19.2. The first-order valence-corrected chi connectivity index (χ1v) is 8.84. The Morgan fingerprint density at radius 3 is 2.85 bits per heavy atom. The van der Waals surface area contributed by atoms with E-state index in [1.807, 2.05) is 31.2 Å². The smallest absolute Gasteiger partial charge is 0.318 e. The molecule has 0 bridgehead atoms. The number of aromatic nitrogens is 2. The number of hydrogen-bond acceptors (Lipinski definition) is 6. The van der Waals surface area contributed by atoms with Gasteiger partial charge < -0.3 is 25.2 Å². The zero-order valence-electron chi connectivity index (χ0n) is 15.2. The fourth-order valence-electron chi connectivity index (χ4n) is 2.94. The number of aryl methyl sites for hydroxylation is 1. The average molecular weight is 373 g/mol. The number of amides is 3. The first-order valence-electron chi connectivity index (χ1n) is 8.84. The van der Waals surface area contributed by atoms with Crippen LogP contribution in [0.15, 0.2) is 28.8 Å². The normalized spacial score (nSPS) is 16.3. The number of primary amides is 1. The van der Waals surface area contributed by atoms with Gasteiger partial charge in [0.05, 0.1) is 12.6 Å². The lowest BCUT2D eigenvalue weighted by Crippen LogP contribution is -2.43. The van der Waals surface area contributed by atoms with Gasteiger partial charge in [0, 0.05) is 19.7 Å². The first kappa shape index (κ1) is 18.8. The van der Waals surface area contributed by atoms with Gasteiger partial charge in [0.2, 0.25) is 0 Å². The van der Waals surface area contributed by atoms with Crippen molar-refractivity contribution in [1.82, 2.24) is 20.4 Å². The maximum absolute atomic E-state index is 12.7. The van der Waals surface area contributed by atoms with Crippen molar-refractivity contribution in [1.29, 1.82) is 0 Å². The molecule has 1 aliphatic rings. The van der Waals surface area contributed by atoms with Gasteiger partial charge in [0.25, 0.3) is 0 Å². The highest BCUT2D eigenvalue weighted by Gasteiger charge is 2.23. The van der Waals surface area contributed by atoms with Gasteiger partial charge in [-0.05, 0) is 30.9 Å². The number of nitrogens with zero attached hydrogens (tertiary/aromatic N) is 3. The van der Waals surface area contributed by atoms with Gasteiger partial charge in [-0.15, -0.1) is 0 Å². The molecule has 0 unspecified atom stereocenters. The van der Waals surface area contributed by atoms with Crippen LogP contribution in [0.1, 0.15) is 40.5 Å². The minimum absolute atomic E-state index is 0.0331. The summed E-state index contributed by atoms with van der Waals surface area (Å²) in [6.07, 6.45) is 1.97. The van der Waals surface area contributed by atoms with Crippen LogP contribution in [0, 0.1) is 6.92 Å². The van der Waals surface area contributed by atoms with Gasteiger partial charge in [-0.3, -0.25) is 4.79 Å². The molecule has 3 amide bonds. The Hall–Kier alpha value is -2.94. The van der Waals surface area contributed by atoms with E-state index in [0.29, 0.717) is 13.1 Å². The molecule has 3 N–H and O–H groups in total. The lowest BCUT2D eigenvalue weighted by molar-refractivity contribution is 0.0793. The van der Waals surface area contributed by atoms with Crippen molar-refractivity contribution in [2.75, 3.05) is 13.2 Å². The molecule has 2 heterocycles. The summed E-state index contributed by atoms with van der Waals surface area (Å²) < 4.78 is 10.4. The number of benzene rings is 1. The van der Waals surface area contributed by atoms with E-state index in [1.54, 1.807) is 4.90 Å². The molecular formula is C18H23N5O4. The molecule has 1 aromatic carbocycles. The Labute approximate surface area is 156 Å². The molecular weight excluding hydrogens is 350 g/mol. The standard InChI is InChI=1S/C18H23N5O4/c1-12-5-2-3-6-13(12)10-23(11-14-7-4-8-26-14)18(25)20-9-15-21-17(16(19)24)27-22-15/h2-3,5-6,14H,4,7-11H2,1H3,(H2,19,24)(H,20,25)/t14-/m1/s1. The zero-order valence-corrected chi connectivity index (χ0v) is 15.2. The summed E-state index contributed by atoms with van der Waals surface area (Å²) in [4.78, 5) is 29.3. The molecule has 9 nitrogen and oxygen atoms in total. The number of ether oxygens (including phenoxy) is 1. The molecule has 27 heavy (non-hydrogen) atoms. The second kappa shape index (κ2) is 8.63. The van der Waals surface area contributed by atoms with Crippen LogP contribution in [0.4, 0.5) is 4.79 Å². The Morgan fingerprint density at radius 2 is 2.19 bits per heavy atom. The van der Waals surface area contributed by atoms with E-state index in [1.165, 1.54) is 0 Å². The highest BCUT2D eigenvalue weighted by atomic mass is 16.5. The number of nitrogens with one attached hydrogen (secondary N) is 1. The van der Waals surface area contributed by atoms with Crippen molar-refractivity contribution in [3.8, 4) is 0 Å². The number of carbonyl (C=O) groups is 2. The monoisotopic (exact) mass is 373 g/mol. The van der Waals surface area contributed by atoms with Crippen LogP contribution in [-0.4, -0.2) is 46.2 Å². The molecule has 0 radical (unpaired) electrons. The first-order chi connectivity index (χ1) is 13.0. The van der Waals surface area contributed by atoms with Crippen LogP contribution in [0.2, 0.25) is 0 Å². The third-order valence-electron chi connectivity index (χ3n) is 4.43. The van der Waals surface area contributed by atoms with Crippen LogP contribution >= 0.6 is 0 Å². The number of carbonyl (C=O) groups excluding carboxylic acids is 2. The molecule has 1 aromatic heterocycles. The van der Waals surface area contributed by atoms with E-state index >= 15 is 0 Å². The molecule has 1 saturated heterocycles. The number of nitrogens with two attached hydrogens (primary N) is 1. The number of rotatable bonds is 7. The van der Waals surface area contributed by atoms with Crippen LogP contribution < -0.4 is 11.1 Å². The fraction of sp³-hybridized carbons (Fsp3) is 0.444. The lowest BCUT2D eigenvalue weighted by Gasteiger charge is -2.26. The lowest BCUT2D eigenvalue weighted by atomic mass is 10.1.